The van der Waals surface area contributed by atoms with Crippen LogP contribution in [0.4, 0.5) is 0 Å². The molecular weight excluding hydrogens is 354 g/mol. The van der Waals surface area contributed by atoms with Crippen LogP contribution in [0, 0.1) is 17.8 Å². The largest absolute Gasteiger partial charge is 0.469 e. The van der Waals surface area contributed by atoms with Gasteiger partial charge in [-0.2, -0.15) is 8.42 Å². The Morgan fingerprint density at radius 2 is 1.96 bits per heavy atom. The van der Waals surface area contributed by atoms with E-state index in [0.29, 0.717) is 6.42 Å². The third-order valence-electron chi connectivity index (χ3n) is 5.05. The lowest BCUT2D eigenvalue weighted by molar-refractivity contribution is -0.162. The van der Waals surface area contributed by atoms with Crippen LogP contribution in [0.5, 0.6) is 0 Å². The van der Waals surface area contributed by atoms with Gasteiger partial charge in [-0.1, -0.05) is 6.58 Å². The molecule has 10 heteroatoms. The average molecular weight is 373 g/mol. The molecular formula is C15H19NO8S. The maximum absolute atomic E-state index is 12.2. The zero-order valence-corrected chi connectivity index (χ0v) is 14.6. The molecule has 25 heavy (non-hydrogen) atoms. The van der Waals surface area contributed by atoms with E-state index in [4.69, 9.17) is 13.7 Å². The fourth-order valence-electron chi connectivity index (χ4n) is 4.09. The Balaban J connectivity index is 1.73. The second-order valence-electron chi connectivity index (χ2n) is 6.55. The Morgan fingerprint density at radius 1 is 1.28 bits per heavy atom. The summed E-state index contributed by atoms with van der Waals surface area (Å²) in [5, 5.41) is 1.39. The number of hydrogen-bond donors (Lipinski definition) is 1. The molecule has 9 nitrogen and oxygen atoms in total. The van der Waals surface area contributed by atoms with Gasteiger partial charge in [0.05, 0.1) is 13.0 Å². The summed E-state index contributed by atoms with van der Waals surface area (Å²) in [7, 11) is -2.73. The van der Waals surface area contributed by atoms with Crippen LogP contribution < -0.4 is 5.32 Å². The van der Waals surface area contributed by atoms with Crippen molar-refractivity contribution in [3.05, 3.63) is 12.2 Å². The van der Waals surface area contributed by atoms with Gasteiger partial charge in [0.15, 0.2) is 0 Å². The summed E-state index contributed by atoms with van der Waals surface area (Å²) in [5.74, 6) is -3.67. The van der Waals surface area contributed by atoms with Crippen molar-refractivity contribution in [3.8, 4) is 0 Å². The molecule has 6 unspecified atom stereocenters. The van der Waals surface area contributed by atoms with E-state index in [-0.39, 0.29) is 12.1 Å². The summed E-state index contributed by atoms with van der Waals surface area (Å²) >= 11 is 0. The van der Waals surface area contributed by atoms with Gasteiger partial charge < -0.3 is 14.8 Å². The molecule has 1 N–H and O–H groups in total. The molecule has 1 heterocycles. The number of fused-ring (bicyclic) bond motifs is 1. The number of carbonyl (C=O) groups is 3. The molecule has 3 rings (SSSR count). The Bertz CT molecular complexity index is 745. The zero-order chi connectivity index (χ0) is 18.5. The molecule has 0 spiro atoms. The van der Waals surface area contributed by atoms with Gasteiger partial charge in [-0.25, -0.2) is 0 Å². The minimum Gasteiger partial charge on any atom is -0.469 e. The van der Waals surface area contributed by atoms with E-state index in [1.165, 1.54) is 14.0 Å². The van der Waals surface area contributed by atoms with Gasteiger partial charge in [0.25, 0.3) is 10.1 Å². The highest BCUT2D eigenvalue weighted by molar-refractivity contribution is 7.87. The molecule has 2 aliphatic carbocycles. The quantitative estimate of drug-likeness (QED) is 0.374. The number of methoxy groups -OCH3 is 1. The van der Waals surface area contributed by atoms with Crippen LogP contribution in [0.15, 0.2) is 12.2 Å². The van der Waals surface area contributed by atoms with Crippen LogP contribution in [0.1, 0.15) is 13.3 Å². The van der Waals surface area contributed by atoms with Crippen LogP contribution in [0.3, 0.4) is 0 Å². The number of esters is 2. The Kier molecular flexibility index (Phi) is 4.36. The van der Waals surface area contributed by atoms with Gasteiger partial charge in [-0.15, -0.1) is 0 Å². The summed E-state index contributed by atoms with van der Waals surface area (Å²) in [6, 6.07) is 0. The maximum atomic E-state index is 12.2. The number of rotatable bonds is 5. The first-order chi connectivity index (χ1) is 11.7. The second-order valence-corrected chi connectivity index (χ2v) is 8.27. The average Bonchev–Trinajstić information content (AvgIpc) is 3.14. The van der Waals surface area contributed by atoms with Crippen LogP contribution >= 0.6 is 0 Å². The minimum absolute atomic E-state index is 0.242. The van der Waals surface area contributed by atoms with E-state index in [9.17, 15) is 22.8 Å². The van der Waals surface area contributed by atoms with Crippen molar-refractivity contribution in [1.29, 1.82) is 0 Å². The van der Waals surface area contributed by atoms with Crippen LogP contribution in [-0.2, 0) is 38.2 Å². The van der Waals surface area contributed by atoms with Gasteiger partial charge in [0.2, 0.25) is 5.91 Å². The highest BCUT2D eigenvalue weighted by Gasteiger charge is 2.72. The monoisotopic (exact) mass is 373 g/mol. The van der Waals surface area contributed by atoms with Crippen molar-refractivity contribution in [2.24, 2.45) is 17.8 Å². The third-order valence-corrected chi connectivity index (χ3v) is 6.85. The van der Waals surface area contributed by atoms with Crippen molar-refractivity contribution < 1.29 is 36.5 Å². The Morgan fingerprint density at radius 3 is 2.56 bits per heavy atom. The lowest BCUT2D eigenvalue weighted by atomic mass is 9.84. The molecule has 138 valence electrons. The number of nitrogens with one attached hydrogen (secondary N) is 1. The normalized spacial score (nSPS) is 36.7. The predicted octanol–water partition coefficient (Wildman–Crippen LogP) is -0.873. The first-order valence-electron chi connectivity index (χ1n) is 7.80. The molecule has 0 aromatic carbocycles. The Labute approximate surface area is 144 Å². The third kappa shape index (κ3) is 2.82. The molecule has 3 fully saturated rings. The predicted molar refractivity (Wildman–Crippen MR) is 82.4 cm³/mol. The molecule has 3 aliphatic rings. The molecule has 6 atom stereocenters. The van der Waals surface area contributed by atoms with Crippen LogP contribution in [0.25, 0.3) is 0 Å². The zero-order valence-electron chi connectivity index (χ0n) is 13.8. The van der Waals surface area contributed by atoms with E-state index in [1.54, 1.807) is 0 Å². The molecule has 1 amide bonds. The van der Waals surface area contributed by atoms with Gasteiger partial charge in [0, 0.05) is 17.4 Å². The van der Waals surface area contributed by atoms with Crippen molar-refractivity contribution in [2.75, 3.05) is 13.7 Å². The first-order valence-corrected chi connectivity index (χ1v) is 9.27. The van der Waals surface area contributed by atoms with E-state index < -0.39 is 63.2 Å². The highest BCUT2D eigenvalue weighted by atomic mass is 32.2. The van der Waals surface area contributed by atoms with E-state index in [2.05, 4.69) is 11.9 Å². The highest BCUT2D eigenvalue weighted by Crippen LogP contribution is 2.58. The number of amides is 1. The van der Waals surface area contributed by atoms with Crippen LogP contribution in [0.2, 0.25) is 0 Å². The maximum Gasteiger partial charge on any atom is 0.325 e. The molecule has 2 saturated carbocycles. The fraction of sp³-hybridized carbons (Fsp3) is 0.667. The van der Waals surface area contributed by atoms with Crippen LogP contribution in [-0.4, -0.2) is 57.4 Å². The fourth-order valence-corrected chi connectivity index (χ4v) is 6.14. The summed E-state index contributed by atoms with van der Waals surface area (Å²) in [6.07, 6.45) is -1.25. The molecule has 1 saturated heterocycles. The van der Waals surface area contributed by atoms with E-state index in [1.807, 2.05) is 0 Å². The van der Waals surface area contributed by atoms with Crippen molar-refractivity contribution in [3.63, 3.8) is 0 Å². The number of hydrogen-bond acceptors (Lipinski definition) is 8. The first kappa shape index (κ1) is 17.9. The Hall–Kier alpha value is -1.94. The molecule has 2 bridgehead atoms. The van der Waals surface area contributed by atoms with Gasteiger partial charge >= 0.3 is 11.9 Å². The van der Waals surface area contributed by atoms with Crippen molar-refractivity contribution >= 4 is 28.0 Å². The number of ether oxygens (including phenoxy) is 2. The lowest BCUT2D eigenvalue weighted by Gasteiger charge is -2.29. The number of carbonyl (C=O) groups excluding carboxylic acids is 3. The topological polar surface area (TPSA) is 125 Å². The molecule has 0 aromatic heterocycles. The van der Waals surface area contributed by atoms with Gasteiger partial charge in [-0.05, 0) is 13.3 Å². The smallest absolute Gasteiger partial charge is 0.325 e. The summed E-state index contributed by atoms with van der Waals surface area (Å²) in [5.41, 5.74) is 0.242. The SMILES string of the molecule is C=C(C)C(=O)NCC(=O)OC1C2CC3C1OS(=O)(=O)C3C2C(=O)OC. The molecule has 0 radical (unpaired) electrons. The summed E-state index contributed by atoms with van der Waals surface area (Å²) in [6.45, 7) is 4.56. The van der Waals surface area contributed by atoms with Gasteiger partial charge in [-0.3, -0.25) is 18.6 Å². The summed E-state index contributed by atoms with van der Waals surface area (Å²) < 4.78 is 39.6. The minimum atomic E-state index is -3.91. The van der Waals surface area contributed by atoms with E-state index in [0.717, 1.165) is 0 Å². The van der Waals surface area contributed by atoms with E-state index >= 15 is 0 Å². The second kappa shape index (κ2) is 6.10. The lowest BCUT2D eigenvalue weighted by Crippen LogP contribution is -2.46. The van der Waals surface area contributed by atoms with Gasteiger partial charge in [0.1, 0.15) is 24.0 Å². The molecule has 1 aliphatic heterocycles. The standard InChI is InChI=1S/C15H19NO8S/c1-6(2)14(18)16-5-9(17)23-11-7-4-8-12(11)24-25(20,21)13(8)10(7)15(19)22-3/h7-8,10-13H,1,4-5H2,2-3H3,(H,16,18). The van der Waals surface area contributed by atoms with Crippen molar-refractivity contribution in [2.45, 2.75) is 30.8 Å². The summed E-state index contributed by atoms with van der Waals surface area (Å²) in [4.78, 5) is 35.5. The van der Waals surface area contributed by atoms with Crippen molar-refractivity contribution in [1.82, 2.24) is 5.32 Å². The molecule has 0 aromatic rings.